The van der Waals surface area contributed by atoms with Gasteiger partial charge in [-0.1, -0.05) is 34.9 Å². The van der Waals surface area contributed by atoms with Crippen molar-refractivity contribution in [2.45, 2.75) is 53.4 Å². The molecule has 0 saturated heterocycles. The molecule has 0 aliphatic rings. The monoisotopic (exact) mass is 252 g/mol. The standard InChI is InChI=1S/C15H28N2O/c1-13(2)7-5-8-14(3)9-6-10-15(4)11-12-17-18-16/h7,9,11,17H,5-6,8,10,12,16H2,1-4H3/b14-9+,15-11+. The van der Waals surface area contributed by atoms with Crippen LogP contribution in [0.3, 0.4) is 0 Å². The normalized spacial score (nSPS) is 12.7. The van der Waals surface area contributed by atoms with Crippen LogP contribution in [0.25, 0.3) is 0 Å². The molecule has 0 aliphatic heterocycles. The maximum atomic E-state index is 4.87. The van der Waals surface area contributed by atoms with E-state index in [9.17, 15) is 0 Å². The van der Waals surface area contributed by atoms with Gasteiger partial charge in [0.05, 0.1) is 0 Å². The fraction of sp³-hybridized carbons (Fsp3) is 0.600. The van der Waals surface area contributed by atoms with E-state index in [1.54, 1.807) is 0 Å². The van der Waals surface area contributed by atoms with Gasteiger partial charge in [0.25, 0.3) is 0 Å². The smallest absolute Gasteiger partial charge is 0.0412 e. The van der Waals surface area contributed by atoms with Crippen molar-refractivity contribution in [1.29, 1.82) is 0 Å². The second kappa shape index (κ2) is 11.2. The average Bonchev–Trinajstić information content (AvgIpc) is 2.29. The second-order valence-electron chi connectivity index (χ2n) is 4.93. The summed E-state index contributed by atoms with van der Waals surface area (Å²) in [6, 6.07) is 0. The van der Waals surface area contributed by atoms with Crippen molar-refractivity contribution < 1.29 is 4.94 Å². The minimum Gasteiger partial charge on any atom is -0.217 e. The van der Waals surface area contributed by atoms with Gasteiger partial charge in [-0.3, -0.25) is 0 Å². The first-order valence-electron chi connectivity index (χ1n) is 6.59. The molecule has 3 N–H and O–H groups in total. The van der Waals surface area contributed by atoms with Gasteiger partial charge in [-0.15, -0.1) is 0 Å². The summed E-state index contributed by atoms with van der Waals surface area (Å²) in [6.07, 6.45) is 11.2. The van der Waals surface area contributed by atoms with E-state index in [2.05, 4.69) is 56.3 Å². The number of nitrogens with two attached hydrogens (primary N) is 1. The Balaban J connectivity index is 3.79. The highest BCUT2D eigenvalue weighted by atomic mass is 16.8. The highest BCUT2D eigenvalue weighted by Crippen LogP contribution is 2.11. The Morgan fingerprint density at radius 3 is 2.06 bits per heavy atom. The van der Waals surface area contributed by atoms with Crippen molar-refractivity contribution in [2.24, 2.45) is 5.90 Å². The molecule has 3 nitrogen and oxygen atoms in total. The Bertz CT molecular complexity index is 300. The molecule has 0 aliphatic carbocycles. The van der Waals surface area contributed by atoms with Crippen molar-refractivity contribution in [3.8, 4) is 0 Å². The molecule has 0 spiro atoms. The fourth-order valence-corrected chi connectivity index (χ4v) is 1.60. The highest BCUT2D eigenvalue weighted by Gasteiger charge is 1.91. The summed E-state index contributed by atoms with van der Waals surface area (Å²) < 4.78 is 0. The van der Waals surface area contributed by atoms with Gasteiger partial charge < -0.3 is 0 Å². The molecule has 0 atom stereocenters. The molecular weight excluding hydrogens is 224 g/mol. The van der Waals surface area contributed by atoms with E-state index in [-0.39, 0.29) is 0 Å². The quantitative estimate of drug-likeness (QED) is 0.373. The van der Waals surface area contributed by atoms with E-state index in [1.165, 1.54) is 16.7 Å². The van der Waals surface area contributed by atoms with E-state index in [0.717, 1.165) is 25.7 Å². The van der Waals surface area contributed by atoms with Crippen LogP contribution in [0.2, 0.25) is 0 Å². The molecule has 104 valence electrons. The molecular formula is C15H28N2O. The Morgan fingerprint density at radius 1 is 0.944 bits per heavy atom. The lowest BCUT2D eigenvalue weighted by Crippen LogP contribution is -2.18. The number of allylic oxidation sites excluding steroid dienone is 5. The van der Waals surface area contributed by atoms with Gasteiger partial charge in [0, 0.05) is 6.54 Å². The van der Waals surface area contributed by atoms with Gasteiger partial charge in [0.1, 0.15) is 0 Å². The van der Waals surface area contributed by atoms with Crippen LogP contribution in [0.5, 0.6) is 0 Å². The number of nitrogens with one attached hydrogen (secondary N) is 1. The number of rotatable bonds is 9. The van der Waals surface area contributed by atoms with Gasteiger partial charge in [-0.2, -0.15) is 11.4 Å². The van der Waals surface area contributed by atoms with Crippen LogP contribution in [-0.4, -0.2) is 6.54 Å². The summed E-state index contributed by atoms with van der Waals surface area (Å²) in [5.41, 5.74) is 6.83. The highest BCUT2D eigenvalue weighted by molar-refractivity contribution is 5.05. The molecule has 0 fully saturated rings. The third kappa shape index (κ3) is 11.6. The Labute approximate surface area is 112 Å². The summed E-state index contributed by atoms with van der Waals surface area (Å²) >= 11 is 0. The summed E-state index contributed by atoms with van der Waals surface area (Å²) in [4.78, 5) is 4.29. The Morgan fingerprint density at radius 2 is 1.50 bits per heavy atom. The summed E-state index contributed by atoms with van der Waals surface area (Å²) in [6.45, 7) is 9.29. The first kappa shape index (κ1) is 17.1. The van der Waals surface area contributed by atoms with Crippen LogP contribution in [-0.2, 0) is 4.94 Å². The van der Waals surface area contributed by atoms with Crippen molar-refractivity contribution >= 4 is 0 Å². The predicted molar refractivity (Wildman–Crippen MR) is 78.7 cm³/mol. The first-order valence-corrected chi connectivity index (χ1v) is 6.59. The van der Waals surface area contributed by atoms with Crippen LogP contribution < -0.4 is 11.4 Å². The lowest BCUT2D eigenvalue weighted by molar-refractivity contribution is 0.0484. The van der Waals surface area contributed by atoms with Gasteiger partial charge in [-0.05, 0) is 53.4 Å². The first-order chi connectivity index (χ1) is 8.56. The maximum absolute atomic E-state index is 4.87. The molecule has 0 amide bonds. The van der Waals surface area contributed by atoms with Crippen LogP contribution >= 0.6 is 0 Å². The third-order valence-corrected chi connectivity index (χ3v) is 2.74. The van der Waals surface area contributed by atoms with Crippen LogP contribution in [0, 0.1) is 0 Å². The zero-order chi connectivity index (χ0) is 13.8. The molecule has 0 aromatic heterocycles. The molecule has 0 rings (SSSR count). The van der Waals surface area contributed by atoms with E-state index >= 15 is 0 Å². The zero-order valence-electron chi connectivity index (χ0n) is 12.3. The number of hydrogen-bond donors (Lipinski definition) is 2. The lowest BCUT2D eigenvalue weighted by atomic mass is 10.1. The zero-order valence-corrected chi connectivity index (χ0v) is 12.3. The van der Waals surface area contributed by atoms with Gasteiger partial charge in [0.15, 0.2) is 0 Å². The van der Waals surface area contributed by atoms with E-state index in [4.69, 9.17) is 5.90 Å². The Hall–Kier alpha value is -0.900. The molecule has 0 bridgehead atoms. The van der Waals surface area contributed by atoms with Gasteiger partial charge in [0.2, 0.25) is 0 Å². The van der Waals surface area contributed by atoms with Gasteiger partial charge in [-0.25, -0.2) is 4.94 Å². The summed E-state index contributed by atoms with van der Waals surface area (Å²) in [5, 5.41) is 0. The molecule has 0 aromatic carbocycles. The van der Waals surface area contributed by atoms with E-state index < -0.39 is 0 Å². The minimum absolute atomic E-state index is 0.658. The average molecular weight is 252 g/mol. The third-order valence-electron chi connectivity index (χ3n) is 2.74. The molecule has 0 aromatic rings. The van der Waals surface area contributed by atoms with Crippen LogP contribution in [0.4, 0.5) is 0 Å². The van der Waals surface area contributed by atoms with Crippen molar-refractivity contribution in [3.05, 3.63) is 34.9 Å². The molecule has 0 saturated carbocycles. The molecule has 0 unspecified atom stereocenters. The summed E-state index contributed by atoms with van der Waals surface area (Å²) in [5.74, 6) is 4.87. The largest absolute Gasteiger partial charge is 0.217 e. The number of hydrogen-bond acceptors (Lipinski definition) is 3. The van der Waals surface area contributed by atoms with Gasteiger partial charge >= 0.3 is 0 Å². The second-order valence-corrected chi connectivity index (χ2v) is 4.93. The van der Waals surface area contributed by atoms with E-state index in [1.807, 2.05) is 0 Å². The fourth-order valence-electron chi connectivity index (χ4n) is 1.60. The van der Waals surface area contributed by atoms with E-state index in [0.29, 0.717) is 6.54 Å². The van der Waals surface area contributed by atoms with Crippen molar-refractivity contribution in [1.82, 2.24) is 5.48 Å². The molecule has 0 heterocycles. The number of hydroxylamine groups is 1. The topological polar surface area (TPSA) is 47.3 Å². The van der Waals surface area contributed by atoms with Crippen molar-refractivity contribution in [3.63, 3.8) is 0 Å². The minimum atomic E-state index is 0.658. The SMILES string of the molecule is CC(C)=CCC/C(C)=C/CC/C(C)=C/CNON. The molecule has 0 radical (unpaired) electrons. The lowest BCUT2D eigenvalue weighted by Gasteiger charge is -2.02. The Kier molecular flexibility index (Phi) is 10.6. The molecule has 18 heavy (non-hydrogen) atoms. The van der Waals surface area contributed by atoms with Crippen LogP contribution in [0.1, 0.15) is 53.4 Å². The maximum Gasteiger partial charge on any atom is 0.0412 e. The van der Waals surface area contributed by atoms with Crippen LogP contribution in [0.15, 0.2) is 34.9 Å². The molecule has 3 heteroatoms. The van der Waals surface area contributed by atoms with Crippen molar-refractivity contribution in [2.75, 3.05) is 6.54 Å². The summed E-state index contributed by atoms with van der Waals surface area (Å²) in [7, 11) is 0. The predicted octanol–water partition coefficient (Wildman–Crippen LogP) is 3.80.